The van der Waals surface area contributed by atoms with Gasteiger partial charge in [-0.2, -0.15) is 0 Å². The van der Waals surface area contributed by atoms with Crippen LogP contribution in [0.5, 0.6) is 0 Å². The lowest BCUT2D eigenvalue weighted by Crippen LogP contribution is -2.18. The molecule has 20 heavy (non-hydrogen) atoms. The molecule has 0 atom stereocenters. The number of hydrogen-bond acceptors (Lipinski definition) is 1. The highest BCUT2D eigenvalue weighted by Gasteiger charge is 2.24. The molecule has 2 heteroatoms. The maximum atomic E-state index is 11.2. The van der Waals surface area contributed by atoms with Crippen LogP contribution < -0.4 is 0 Å². The topological polar surface area (TPSA) is 17.1 Å². The highest BCUT2D eigenvalue weighted by molar-refractivity contribution is 6.64. The Morgan fingerprint density at radius 1 is 0.750 bits per heavy atom. The number of carbonyl (C=O) groups excluding carboxylic acids is 1. The van der Waals surface area contributed by atoms with Gasteiger partial charge in [0.1, 0.15) is 0 Å². The summed E-state index contributed by atoms with van der Waals surface area (Å²) < 4.78 is 0. The zero-order chi connectivity index (χ0) is 15.3. The van der Waals surface area contributed by atoms with Gasteiger partial charge in [-0.3, -0.25) is 4.79 Å². The van der Waals surface area contributed by atoms with Crippen molar-refractivity contribution in [3.05, 3.63) is 0 Å². The van der Waals surface area contributed by atoms with Crippen molar-refractivity contribution in [2.45, 2.75) is 104 Å². The molecule has 0 aliphatic rings. The molecule has 0 bridgehead atoms. The standard InChI is InChI=1S/C18H35ClO/c1-4-5-6-7-8-9-10-11-12-13-14-15-16-18(2,3)17(19)20/h4-16H2,1-3H3. The molecule has 0 saturated heterocycles. The maximum Gasteiger partial charge on any atom is 0.227 e. The summed E-state index contributed by atoms with van der Waals surface area (Å²) in [5.41, 5.74) is -0.333. The summed E-state index contributed by atoms with van der Waals surface area (Å²) in [5.74, 6) is 0. The highest BCUT2D eigenvalue weighted by atomic mass is 35.5. The first-order valence-electron chi connectivity index (χ1n) is 8.70. The first-order chi connectivity index (χ1) is 9.50. The van der Waals surface area contributed by atoms with E-state index in [1.54, 1.807) is 0 Å². The van der Waals surface area contributed by atoms with E-state index >= 15 is 0 Å². The van der Waals surface area contributed by atoms with Gasteiger partial charge >= 0.3 is 0 Å². The van der Waals surface area contributed by atoms with Gasteiger partial charge in [0.05, 0.1) is 0 Å². The van der Waals surface area contributed by atoms with Crippen LogP contribution in [-0.4, -0.2) is 5.24 Å². The van der Waals surface area contributed by atoms with Gasteiger partial charge in [-0.25, -0.2) is 0 Å². The molecule has 0 aliphatic carbocycles. The lowest BCUT2D eigenvalue weighted by Gasteiger charge is -2.18. The number of hydrogen-bond donors (Lipinski definition) is 0. The van der Waals surface area contributed by atoms with Crippen LogP contribution in [0.2, 0.25) is 0 Å². The van der Waals surface area contributed by atoms with Crippen molar-refractivity contribution < 1.29 is 4.79 Å². The van der Waals surface area contributed by atoms with E-state index < -0.39 is 0 Å². The average molecular weight is 303 g/mol. The Kier molecular flexibility index (Phi) is 12.7. The SMILES string of the molecule is CCCCCCCCCCCCCCC(C)(C)C(=O)Cl. The molecule has 0 N–H and O–H groups in total. The molecule has 0 aromatic heterocycles. The first kappa shape index (κ1) is 20.0. The Morgan fingerprint density at radius 3 is 1.45 bits per heavy atom. The van der Waals surface area contributed by atoms with Crippen LogP contribution >= 0.6 is 11.6 Å². The van der Waals surface area contributed by atoms with E-state index in [9.17, 15) is 4.79 Å². The molecule has 0 radical (unpaired) electrons. The van der Waals surface area contributed by atoms with Crippen molar-refractivity contribution in [2.24, 2.45) is 5.41 Å². The van der Waals surface area contributed by atoms with Crippen LogP contribution in [0.15, 0.2) is 0 Å². The van der Waals surface area contributed by atoms with Gasteiger partial charge in [-0.05, 0) is 18.0 Å². The number of unbranched alkanes of at least 4 members (excludes halogenated alkanes) is 11. The molecule has 0 rings (SSSR count). The van der Waals surface area contributed by atoms with E-state index in [1.807, 2.05) is 13.8 Å². The fraction of sp³-hybridized carbons (Fsp3) is 0.944. The second-order valence-electron chi connectivity index (χ2n) is 6.80. The van der Waals surface area contributed by atoms with Gasteiger partial charge in [0.25, 0.3) is 0 Å². The fourth-order valence-electron chi connectivity index (χ4n) is 2.51. The number of carbonyl (C=O) groups is 1. The van der Waals surface area contributed by atoms with Crippen LogP contribution in [0.4, 0.5) is 0 Å². The van der Waals surface area contributed by atoms with Crippen molar-refractivity contribution in [3.63, 3.8) is 0 Å². The van der Waals surface area contributed by atoms with Crippen molar-refractivity contribution >= 4 is 16.8 Å². The third-order valence-electron chi connectivity index (χ3n) is 4.19. The molecule has 1 nitrogen and oxygen atoms in total. The summed E-state index contributed by atoms with van der Waals surface area (Å²) in [5, 5.41) is -0.194. The van der Waals surface area contributed by atoms with Gasteiger partial charge in [0.15, 0.2) is 0 Å². The smallest absolute Gasteiger partial charge is 0.227 e. The van der Waals surface area contributed by atoms with Crippen LogP contribution in [-0.2, 0) is 4.79 Å². The van der Waals surface area contributed by atoms with E-state index in [2.05, 4.69) is 6.92 Å². The van der Waals surface area contributed by atoms with Crippen LogP contribution in [0.1, 0.15) is 104 Å². The Hall–Kier alpha value is -0.0400. The van der Waals surface area contributed by atoms with Crippen LogP contribution in [0, 0.1) is 5.41 Å². The summed E-state index contributed by atoms with van der Waals surface area (Å²) in [7, 11) is 0. The van der Waals surface area contributed by atoms with Gasteiger partial charge in [-0.1, -0.05) is 97.8 Å². The van der Waals surface area contributed by atoms with Gasteiger partial charge in [0, 0.05) is 5.41 Å². The monoisotopic (exact) mass is 302 g/mol. The Balaban J connectivity index is 3.19. The van der Waals surface area contributed by atoms with Crippen LogP contribution in [0.25, 0.3) is 0 Å². The van der Waals surface area contributed by atoms with Crippen LogP contribution in [0.3, 0.4) is 0 Å². The lowest BCUT2D eigenvalue weighted by molar-refractivity contribution is -0.119. The summed E-state index contributed by atoms with van der Waals surface area (Å²) in [6.45, 7) is 6.16. The summed E-state index contributed by atoms with van der Waals surface area (Å²) in [6.07, 6.45) is 17.2. The third-order valence-corrected chi connectivity index (χ3v) is 4.70. The lowest BCUT2D eigenvalue weighted by atomic mass is 9.88. The predicted molar refractivity (Wildman–Crippen MR) is 90.3 cm³/mol. The van der Waals surface area contributed by atoms with Crippen molar-refractivity contribution in [3.8, 4) is 0 Å². The minimum Gasteiger partial charge on any atom is -0.281 e. The predicted octanol–water partition coefficient (Wildman–Crippen LogP) is 6.87. The molecular formula is C18H35ClO. The normalized spacial score (nSPS) is 11.8. The first-order valence-corrected chi connectivity index (χ1v) is 9.08. The Morgan fingerprint density at radius 2 is 1.10 bits per heavy atom. The van der Waals surface area contributed by atoms with Crippen molar-refractivity contribution in [1.29, 1.82) is 0 Å². The number of rotatable bonds is 14. The average Bonchev–Trinajstić information content (AvgIpc) is 2.39. The van der Waals surface area contributed by atoms with E-state index in [0.29, 0.717) is 0 Å². The van der Waals surface area contributed by atoms with Crippen molar-refractivity contribution in [2.75, 3.05) is 0 Å². The Labute approximate surface area is 131 Å². The maximum absolute atomic E-state index is 11.2. The fourth-order valence-corrected chi connectivity index (χ4v) is 2.60. The van der Waals surface area contributed by atoms with Crippen molar-refractivity contribution in [1.82, 2.24) is 0 Å². The molecular weight excluding hydrogens is 268 g/mol. The molecule has 0 amide bonds. The van der Waals surface area contributed by atoms with E-state index in [0.717, 1.165) is 12.8 Å². The largest absolute Gasteiger partial charge is 0.281 e. The third kappa shape index (κ3) is 11.8. The molecule has 0 heterocycles. The van der Waals surface area contributed by atoms with E-state index in [1.165, 1.54) is 70.6 Å². The molecule has 0 aliphatic heterocycles. The quantitative estimate of drug-likeness (QED) is 0.253. The molecule has 0 aromatic carbocycles. The molecule has 0 saturated carbocycles. The minimum absolute atomic E-state index is 0.194. The second-order valence-corrected chi connectivity index (χ2v) is 7.14. The second kappa shape index (κ2) is 12.7. The van der Waals surface area contributed by atoms with E-state index in [4.69, 9.17) is 11.6 Å². The zero-order valence-electron chi connectivity index (χ0n) is 14.0. The molecule has 0 aromatic rings. The summed E-state index contributed by atoms with van der Waals surface area (Å²) >= 11 is 5.57. The van der Waals surface area contributed by atoms with Gasteiger partial charge in [0.2, 0.25) is 5.24 Å². The molecule has 0 spiro atoms. The Bertz CT molecular complexity index is 236. The summed E-state index contributed by atoms with van der Waals surface area (Å²) in [6, 6.07) is 0. The summed E-state index contributed by atoms with van der Waals surface area (Å²) in [4.78, 5) is 11.2. The van der Waals surface area contributed by atoms with Gasteiger partial charge < -0.3 is 0 Å². The van der Waals surface area contributed by atoms with E-state index in [-0.39, 0.29) is 10.7 Å². The molecule has 120 valence electrons. The van der Waals surface area contributed by atoms with Gasteiger partial charge in [-0.15, -0.1) is 0 Å². The minimum atomic E-state index is -0.333. The molecule has 0 unspecified atom stereocenters. The zero-order valence-corrected chi connectivity index (χ0v) is 14.7. The number of halogens is 1. The highest BCUT2D eigenvalue weighted by Crippen LogP contribution is 2.26. The molecule has 0 fully saturated rings.